The molecule has 73 heavy (non-hydrogen) atoms. The third-order valence-electron chi connectivity index (χ3n) is 16.2. The zero-order chi connectivity index (χ0) is 52.9. The number of aliphatic hydroxyl groups is 2. The highest BCUT2D eigenvalue weighted by Crippen LogP contribution is 2.19. The van der Waals surface area contributed by atoms with Crippen LogP contribution in [0.2, 0.25) is 0 Å². The van der Waals surface area contributed by atoms with E-state index in [2.05, 4.69) is 19.2 Å². The number of hydrogen-bond donors (Lipinski definition) is 3. The fraction of sp³-hybridized carbons (Fsp3) is 0.970. The summed E-state index contributed by atoms with van der Waals surface area (Å²) < 4.78 is 5.51. The molecular weight excluding hydrogens is 899 g/mol. The quantitative estimate of drug-likeness (QED) is 0.0417. The van der Waals surface area contributed by atoms with Gasteiger partial charge in [0.15, 0.2) is 0 Å². The Morgan fingerprint density at radius 2 is 0.562 bits per heavy atom. The fourth-order valence-electron chi connectivity index (χ4n) is 11.0. The van der Waals surface area contributed by atoms with E-state index in [1.165, 1.54) is 321 Å². The second-order valence-electron chi connectivity index (χ2n) is 23.5. The number of carbonyl (C=O) groups excluding carboxylic acids is 2. The predicted octanol–water partition coefficient (Wildman–Crippen LogP) is 21.4. The van der Waals surface area contributed by atoms with Gasteiger partial charge in [-0.2, -0.15) is 0 Å². The summed E-state index contributed by atoms with van der Waals surface area (Å²) in [6, 6.07) is -0.540. The largest absolute Gasteiger partial charge is 0.466 e. The fourth-order valence-corrected chi connectivity index (χ4v) is 11.0. The van der Waals surface area contributed by atoms with Crippen molar-refractivity contribution in [2.24, 2.45) is 0 Å². The van der Waals surface area contributed by atoms with Crippen molar-refractivity contribution < 1.29 is 24.5 Å². The predicted molar refractivity (Wildman–Crippen MR) is 320 cm³/mol. The van der Waals surface area contributed by atoms with Crippen LogP contribution in [0.3, 0.4) is 0 Å². The van der Waals surface area contributed by atoms with Crippen LogP contribution < -0.4 is 5.32 Å². The Kier molecular flexibility index (Phi) is 62.4. The topological polar surface area (TPSA) is 95.9 Å². The monoisotopic (exact) mass is 1030 g/mol. The standard InChI is InChI=1S/C67H133NO5/c1-3-5-7-9-11-13-15-17-19-20-25-29-33-37-41-45-49-53-57-61-67(72)73-62-58-54-50-46-42-38-34-30-27-24-22-21-23-26-28-32-36-40-44-48-52-56-60-66(71)68-64(63-69)65(70)59-55-51-47-43-39-35-31-18-16-14-12-10-8-6-4-2/h64-65,69-70H,3-63H2,1-2H3,(H,68,71). The van der Waals surface area contributed by atoms with Gasteiger partial charge in [0.2, 0.25) is 5.91 Å². The summed E-state index contributed by atoms with van der Waals surface area (Å²) >= 11 is 0. The summed E-state index contributed by atoms with van der Waals surface area (Å²) in [6.45, 7) is 5.00. The van der Waals surface area contributed by atoms with Gasteiger partial charge in [-0.15, -0.1) is 0 Å². The van der Waals surface area contributed by atoms with Crippen LogP contribution in [-0.2, 0) is 14.3 Å². The Balaban J connectivity index is 3.34. The number of unbranched alkanes of at least 4 members (excludes halogenated alkanes) is 53. The van der Waals surface area contributed by atoms with Gasteiger partial charge in [0.1, 0.15) is 0 Å². The third kappa shape index (κ3) is 60.0. The lowest BCUT2D eigenvalue weighted by atomic mass is 10.0. The van der Waals surface area contributed by atoms with Gasteiger partial charge in [0.25, 0.3) is 0 Å². The lowest BCUT2D eigenvalue weighted by Crippen LogP contribution is -2.45. The lowest BCUT2D eigenvalue weighted by molar-refractivity contribution is -0.143. The molecule has 0 radical (unpaired) electrons. The molecule has 6 nitrogen and oxygen atoms in total. The van der Waals surface area contributed by atoms with Gasteiger partial charge in [0, 0.05) is 12.8 Å². The second-order valence-corrected chi connectivity index (χ2v) is 23.5. The van der Waals surface area contributed by atoms with Crippen molar-refractivity contribution in [2.75, 3.05) is 13.2 Å². The molecule has 6 heteroatoms. The average molecular weight is 1030 g/mol. The van der Waals surface area contributed by atoms with Gasteiger partial charge < -0.3 is 20.3 Å². The number of esters is 1. The van der Waals surface area contributed by atoms with Crippen LogP contribution in [0.15, 0.2) is 0 Å². The minimum absolute atomic E-state index is 0.0194. The van der Waals surface area contributed by atoms with E-state index in [-0.39, 0.29) is 18.5 Å². The van der Waals surface area contributed by atoms with E-state index in [1.807, 2.05) is 0 Å². The van der Waals surface area contributed by atoms with Crippen LogP contribution in [0.4, 0.5) is 0 Å². The minimum atomic E-state index is -0.663. The molecule has 0 saturated carbocycles. The van der Waals surface area contributed by atoms with Crippen molar-refractivity contribution >= 4 is 11.9 Å². The Labute approximate surface area is 457 Å². The number of nitrogens with one attached hydrogen (secondary N) is 1. The lowest BCUT2D eigenvalue weighted by Gasteiger charge is -2.22. The molecule has 2 unspecified atom stereocenters. The molecule has 3 N–H and O–H groups in total. The van der Waals surface area contributed by atoms with Gasteiger partial charge >= 0.3 is 5.97 Å². The van der Waals surface area contributed by atoms with E-state index in [1.54, 1.807) is 0 Å². The molecule has 0 aliphatic rings. The molecule has 0 fully saturated rings. The van der Waals surface area contributed by atoms with Crippen molar-refractivity contribution in [3.8, 4) is 0 Å². The third-order valence-corrected chi connectivity index (χ3v) is 16.2. The van der Waals surface area contributed by atoms with E-state index in [4.69, 9.17) is 4.74 Å². The van der Waals surface area contributed by atoms with Crippen LogP contribution in [0, 0.1) is 0 Å². The van der Waals surface area contributed by atoms with E-state index >= 15 is 0 Å². The van der Waals surface area contributed by atoms with Crippen molar-refractivity contribution in [1.29, 1.82) is 0 Å². The molecule has 0 bridgehead atoms. The van der Waals surface area contributed by atoms with Crippen molar-refractivity contribution in [3.63, 3.8) is 0 Å². The molecule has 0 saturated heterocycles. The molecule has 436 valence electrons. The minimum Gasteiger partial charge on any atom is -0.466 e. The number of carbonyl (C=O) groups is 2. The maximum absolute atomic E-state index is 12.5. The molecule has 0 aliphatic carbocycles. The highest BCUT2D eigenvalue weighted by molar-refractivity contribution is 5.76. The molecule has 0 aliphatic heterocycles. The van der Waals surface area contributed by atoms with Gasteiger partial charge in [-0.05, 0) is 25.7 Å². The van der Waals surface area contributed by atoms with Gasteiger partial charge in [-0.25, -0.2) is 0 Å². The number of rotatable bonds is 64. The number of amides is 1. The molecule has 0 aromatic heterocycles. The van der Waals surface area contributed by atoms with E-state index in [0.717, 1.165) is 38.5 Å². The number of aliphatic hydroxyl groups excluding tert-OH is 2. The maximum atomic E-state index is 12.5. The highest BCUT2D eigenvalue weighted by Gasteiger charge is 2.20. The number of hydrogen-bond acceptors (Lipinski definition) is 5. The first-order chi connectivity index (χ1) is 36.0. The van der Waals surface area contributed by atoms with Gasteiger partial charge in [0.05, 0.1) is 25.4 Å². The van der Waals surface area contributed by atoms with Crippen LogP contribution >= 0.6 is 0 Å². The van der Waals surface area contributed by atoms with E-state index in [0.29, 0.717) is 25.9 Å². The summed E-state index contributed by atoms with van der Waals surface area (Å²) in [5.74, 6) is -0.0122. The number of ether oxygens (including phenoxy) is 1. The molecule has 1 amide bonds. The maximum Gasteiger partial charge on any atom is 0.305 e. The molecular formula is C67H133NO5. The Hall–Kier alpha value is -1.14. The van der Waals surface area contributed by atoms with Crippen LogP contribution in [0.1, 0.15) is 393 Å². The zero-order valence-electron chi connectivity index (χ0n) is 49.9. The summed E-state index contributed by atoms with van der Waals surface area (Å²) in [7, 11) is 0. The molecule has 0 heterocycles. The molecule has 0 aromatic rings. The van der Waals surface area contributed by atoms with Crippen molar-refractivity contribution in [3.05, 3.63) is 0 Å². The Morgan fingerprint density at radius 3 is 0.836 bits per heavy atom. The molecule has 0 aromatic carbocycles. The molecule has 0 rings (SSSR count). The Morgan fingerprint density at radius 1 is 0.329 bits per heavy atom. The first-order valence-electron chi connectivity index (χ1n) is 33.8. The van der Waals surface area contributed by atoms with Gasteiger partial charge in [-0.1, -0.05) is 354 Å². The Bertz CT molecular complexity index is 1050. The van der Waals surface area contributed by atoms with Crippen LogP contribution in [0.5, 0.6) is 0 Å². The highest BCUT2D eigenvalue weighted by atomic mass is 16.5. The summed E-state index contributed by atoms with van der Waals surface area (Å²) in [4.78, 5) is 24.6. The van der Waals surface area contributed by atoms with E-state index < -0.39 is 12.1 Å². The van der Waals surface area contributed by atoms with Crippen LogP contribution in [0.25, 0.3) is 0 Å². The molecule has 0 spiro atoms. The van der Waals surface area contributed by atoms with Crippen LogP contribution in [-0.4, -0.2) is 47.4 Å². The smallest absolute Gasteiger partial charge is 0.305 e. The summed E-state index contributed by atoms with van der Waals surface area (Å²) in [6.07, 6.45) is 75.6. The van der Waals surface area contributed by atoms with Crippen molar-refractivity contribution in [1.82, 2.24) is 5.32 Å². The summed E-state index contributed by atoms with van der Waals surface area (Å²) in [5.41, 5.74) is 0. The van der Waals surface area contributed by atoms with Crippen molar-refractivity contribution in [2.45, 2.75) is 405 Å². The SMILES string of the molecule is CCCCCCCCCCCCCCCCCCCCCC(=O)OCCCCCCCCCCCCCCCCCCCCCCCCC(=O)NC(CO)C(O)CCCCCCCCCCCCCCCCC. The first kappa shape index (κ1) is 71.9. The van der Waals surface area contributed by atoms with Gasteiger partial charge in [-0.3, -0.25) is 9.59 Å². The molecule has 2 atom stereocenters. The average Bonchev–Trinajstić information content (AvgIpc) is 3.39. The zero-order valence-corrected chi connectivity index (χ0v) is 49.9. The van der Waals surface area contributed by atoms with E-state index in [9.17, 15) is 19.8 Å². The summed E-state index contributed by atoms with van der Waals surface area (Å²) in [5, 5.41) is 23.3. The normalized spacial score (nSPS) is 12.4. The second kappa shape index (κ2) is 63.4. The first-order valence-corrected chi connectivity index (χ1v) is 33.8.